The first-order chi connectivity index (χ1) is 13.5. The van der Waals surface area contributed by atoms with Gasteiger partial charge in [0.05, 0.1) is 10.0 Å². The van der Waals surface area contributed by atoms with Crippen molar-refractivity contribution in [1.82, 2.24) is 14.7 Å². The molecule has 0 saturated carbocycles. The third kappa shape index (κ3) is 5.19. The highest BCUT2D eigenvalue weighted by Gasteiger charge is 2.31. The van der Waals surface area contributed by atoms with Gasteiger partial charge in [-0.1, -0.05) is 42.3 Å². The van der Waals surface area contributed by atoms with Crippen molar-refractivity contribution in [2.24, 2.45) is 5.92 Å². The second-order valence-corrected chi connectivity index (χ2v) is 8.50. The molecular formula is C21H29Cl2N3O2. The van der Waals surface area contributed by atoms with Crippen molar-refractivity contribution in [2.75, 3.05) is 39.3 Å². The molecule has 2 fully saturated rings. The van der Waals surface area contributed by atoms with E-state index in [4.69, 9.17) is 23.2 Å². The molecule has 2 aliphatic heterocycles. The molecule has 7 heteroatoms. The van der Waals surface area contributed by atoms with Crippen molar-refractivity contribution in [3.05, 3.63) is 33.8 Å². The second kappa shape index (κ2) is 9.95. The Bertz CT molecular complexity index is 697. The molecule has 0 aromatic heterocycles. The molecule has 0 radical (unpaired) electrons. The largest absolute Gasteiger partial charge is 0.343 e. The lowest BCUT2D eigenvalue weighted by atomic mass is 9.94. The number of carbonyl (C=O) groups is 2. The Morgan fingerprint density at radius 3 is 2.32 bits per heavy atom. The summed E-state index contributed by atoms with van der Waals surface area (Å²) in [5.74, 6) is 0.532. The first-order valence-corrected chi connectivity index (χ1v) is 11.0. The first-order valence-electron chi connectivity index (χ1n) is 10.2. The summed E-state index contributed by atoms with van der Waals surface area (Å²) >= 11 is 12.4. The molecule has 154 valence electrons. The third-order valence-electron chi connectivity index (χ3n) is 5.77. The molecule has 0 atom stereocenters. The molecule has 0 unspecified atom stereocenters. The standard InChI is InChI=1S/C21H29Cl2N3O2/c1-2-4-19(27)25-9-7-16(8-10-25)21(28)26-13-11-24(12-14-26)15-17-5-3-6-18(22)20(17)23/h3,5-6,16H,2,4,7-15H2,1H3. The van der Waals surface area contributed by atoms with Crippen LogP contribution in [-0.2, 0) is 16.1 Å². The number of hydrogen-bond donors (Lipinski definition) is 0. The molecule has 28 heavy (non-hydrogen) atoms. The van der Waals surface area contributed by atoms with Crippen molar-refractivity contribution in [3.8, 4) is 0 Å². The van der Waals surface area contributed by atoms with Crippen LogP contribution < -0.4 is 0 Å². The molecule has 2 heterocycles. The summed E-state index contributed by atoms with van der Waals surface area (Å²) in [6.07, 6.45) is 3.05. The predicted molar refractivity (Wildman–Crippen MR) is 113 cm³/mol. The average Bonchev–Trinajstić information content (AvgIpc) is 2.72. The van der Waals surface area contributed by atoms with Gasteiger partial charge in [0.25, 0.3) is 0 Å². The van der Waals surface area contributed by atoms with Crippen LogP contribution in [0.2, 0.25) is 10.0 Å². The van der Waals surface area contributed by atoms with Crippen LogP contribution >= 0.6 is 23.2 Å². The van der Waals surface area contributed by atoms with Gasteiger partial charge in [0.1, 0.15) is 0 Å². The van der Waals surface area contributed by atoms with E-state index in [0.717, 1.165) is 57.5 Å². The number of carbonyl (C=O) groups excluding carboxylic acids is 2. The number of likely N-dealkylation sites (tertiary alicyclic amines) is 1. The number of halogens is 2. The second-order valence-electron chi connectivity index (χ2n) is 7.72. The average molecular weight is 426 g/mol. The number of benzene rings is 1. The van der Waals surface area contributed by atoms with Crippen LogP contribution in [0, 0.1) is 5.92 Å². The number of amides is 2. The minimum absolute atomic E-state index is 0.0552. The van der Waals surface area contributed by atoms with Crippen molar-refractivity contribution in [1.29, 1.82) is 0 Å². The van der Waals surface area contributed by atoms with E-state index < -0.39 is 0 Å². The summed E-state index contributed by atoms with van der Waals surface area (Å²) in [5, 5.41) is 1.20. The molecule has 5 nitrogen and oxygen atoms in total. The number of hydrogen-bond acceptors (Lipinski definition) is 3. The third-order valence-corrected chi connectivity index (χ3v) is 6.63. The number of nitrogens with zero attached hydrogens (tertiary/aromatic N) is 3. The maximum absolute atomic E-state index is 12.9. The summed E-state index contributed by atoms with van der Waals surface area (Å²) in [6.45, 7) is 7.35. The summed E-state index contributed by atoms with van der Waals surface area (Å²) in [7, 11) is 0. The zero-order chi connectivity index (χ0) is 20.1. The van der Waals surface area contributed by atoms with Gasteiger partial charge in [-0.25, -0.2) is 0 Å². The van der Waals surface area contributed by atoms with Gasteiger partial charge in [0.15, 0.2) is 0 Å². The van der Waals surface area contributed by atoms with E-state index in [1.165, 1.54) is 0 Å². The Hall–Kier alpha value is -1.30. The van der Waals surface area contributed by atoms with Gasteiger partial charge in [-0.05, 0) is 30.9 Å². The van der Waals surface area contributed by atoms with E-state index in [1.54, 1.807) is 6.07 Å². The lowest BCUT2D eigenvalue weighted by molar-refractivity contribution is -0.142. The van der Waals surface area contributed by atoms with Gasteiger partial charge in [0.2, 0.25) is 11.8 Å². The predicted octanol–water partition coefficient (Wildman–Crippen LogP) is 3.68. The first kappa shape index (κ1) is 21.4. The normalized spacial score (nSPS) is 19.1. The topological polar surface area (TPSA) is 43.9 Å². The van der Waals surface area contributed by atoms with Crippen molar-refractivity contribution in [3.63, 3.8) is 0 Å². The number of piperazine rings is 1. The van der Waals surface area contributed by atoms with Crippen LogP contribution in [0.4, 0.5) is 0 Å². The van der Waals surface area contributed by atoms with Gasteiger partial charge < -0.3 is 9.80 Å². The quantitative estimate of drug-likeness (QED) is 0.722. The zero-order valence-electron chi connectivity index (χ0n) is 16.5. The molecule has 3 rings (SSSR count). The van der Waals surface area contributed by atoms with E-state index in [9.17, 15) is 9.59 Å². The Morgan fingerprint density at radius 2 is 1.68 bits per heavy atom. The van der Waals surface area contributed by atoms with Gasteiger partial charge >= 0.3 is 0 Å². The van der Waals surface area contributed by atoms with E-state index >= 15 is 0 Å². The summed E-state index contributed by atoms with van der Waals surface area (Å²) in [4.78, 5) is 31.1. The van der Waals surface area contributed by atoms with Crippen LogP contribution in [0.1, 0.15) is 38.2 Å². The molecule has 0 spiro atoms. The maximum Gasteiger partial charge on any atom is 0.225 e. The fourth-order valence-electron chi connectivity index (χ4n) is 4.04. The Morgan fingerprint density at radius 1 is 1.00 bits per heavy atom. The highest BCUT2D eigenvalue weighted by atomic mass is 35.5. The van der Waals surface area contributed by atoms with E-state index in [0.29, 0.717) is 29.6 Å². The zero-order valence-corrected chi connectivity index (χ0v) is 18.0. The van der Waals surface area contributed by atoms with Gasteiger partial charge in [-0.15, -0.1) is 0 Å². The minimum Gasteiger partial charge on any atom is -0.343 e. The Balaban J connectivity index is 1.45. The maximum atomic E-state index is 12.9. The van der Waals surface area contributed by atoms with Crippen LogP contribution in [0.15, 0.2) is 18.2 Å². The van der Waals surface area contributed by atoms with Crippen LogP contribution in [0.3, 0.4) is 0 Å². The van der Waals surface area contributed by atoms with Crippen molar-refractivity contribution < 1.29 is 9.59 Å². The lowest BCUT2D eigenvalue weighted by Crippen LogP contribution is -2.51. The highest BCUT2D eigenvalue weighted by Crippen LogP contribution is 2.27. The van der Waals surface area contributed by atoms with Gasteiger partial charge in [-0.2, -0.15) is 0 Å². The molecule has 2 saturated heterocycles. The van der Waals surface area contributed by atoms with Gasteiger partial charge in [-0.3, -0.25) is 14.5 Å². The lowest BCUT2D eigenvalue weighted by Gasteiger charge is -2.38. The monoisotopic (exact) mass is 425 g/mol. The van der Waals surface area contributed by atoms with Crippen LogP contribution in [0.5, 0.6) is 0 Å². The molecule has 2 amide bonds. The Kier molecular flexibility index (Phi) is 7.61. The molecule has 1 aromatic rings. The fourth-order valence-corrected chi connectivity index (χ4v) is 4.42. The molecule has 0 aliphatic carbocycles. The molecule has 0 bridgehead atoms. The van der Waals surface area contributed by atoms with Crippen LogP contribution in [-0.4, -0.2) is 65.8 Å². The highest BCUT2D eigenvalue weighted by molar-refractivity contribution is 6.42. The smallest absolute Gasteiger partial charge is 0.225 e. The molecule has 0 N–H and O–H groups in total. The van der Waals surface area contributed by atoms with Crippen molar-refractivity contribution in [2.45, 2.75) is 39.2 Å². The Labute approximate surface area is 177 Å². The fraction of sp³-hybridized carbons (Fsp3) is 0.619. The minimum atomic E-state index is 0.0552. The van der Waals surface area contributed by atoms with E-state index in [2.05, 4.69) is 4.90 Å². The summed E-state index contributed by atoms with van der Waals surface area (Å²) in [5.41, 5.74) is 1.03. The number of rotatable bonds is 5. The number of piperidine rings is 1. The molecular weight excluding hydrogens is 397 g/mol. The SMILES string of the molecule is CCCC(=O)N1CCC(C(=O)N2CCN(Cc3cccc(Cl)c3Cl)CC2)CC1. The summed E-state index contributed by atoms with van der Waals surface area (Å²) in [6, 6.07) is 5.71. The van der Waals surface area contributed by atoms with E-state index in [-0.39, 0.29) is 17.7 Å². The molecule has 1 aromatic carbocycles. The molecule has 2 aliphatic rings. The van der Waals surface area contributed by atoms with E-state index in [1.807, 2.05) is 28.9 Å². The summed E-state index contributed by atoms with van der Waals surface area (Å²) < 4.78 is 0. The van der Waals surface area contributed by atoms with Gasteiger partial charge in [0, 0.05) is 58.2 Å². The van der Waals surface area contributed by atoms with Crippen LogP contribution in [0.25, 0.3) is 0 Å². The van der Waals surface area contributed by atoms with Crippen molar-refractivity contribution >= 4 is 35.0 Å².